The Labute approximate surface area is 206 Å². The summed E-state index contributed by atoms with van der Waals surface area (Å²) in [7, 11) is -4.17. The monoisotopic (exact) mass is 524 g/mol. The molecule has 4 aliphatic rings. The standard InChI is InChI=1S/C24H27F3N4O2S2/c25-24(26,27)14-31-13-23(30-35(31,32)33)19-3-4-20(23)11-18-9-17(2-1-16(18)10-19)22-29-12-21(34-22)15-5-7-28-8-6-15/h1-2,5,9,12,19-20,28,30H,3-4,6-8,10-11,13-14H2/t19-,20+,23-/m1/s1. The van der Waals surface area contributed by atoms with E-state index in [1.807, 2.05) is 6.20 Å². The van der Waals surface area contributed by atoms with Gasteiger partial charge in [-0.1, -0.05) is 18.2 Å². The highest BCUT2D eigenvalue weighted by molar-refractivity contribution is 7.87. The second-order valence-electron chi connectivity index (χ2n) is 10.1. The molecule has 2 bridgehead atoms. The largest absolute Gasteiger partial charge is 0.402 e. The lowest BCUT2D eigenvalue weighted by Crippen LogP contribution is -2.52. The lowest BCUT2D eigenvalue weighted by molar-refractivity contribution is -0.136. The van der Waals surface area contributed by atoms with E-state index in [0.29, 0.717) is 17.1 Å². The molecule has 6 rings (SSSR count). The van der Waals surface area contributed by atoms with Gasteiger partial charge in [0.1, 0.15) is 11.6 Å². The minimum atomic E-state index is -4.57. The summed E-state index contributed by atoms with van der Waals surface area (Å²) >= 11 is 1.68. The molecule has 3 atom stereocenters. The first-order valence-electron chi connectivity index (χ1n) is 12.0. The summed E-state index contributed by atoms with van der Waals surface area (Å²) in [5.74, 6) is -0.0605. The lowest BCUT2D eigenvalue weighted by Gasteiger charge is -2.33. The van der Waals surface area contributed by atoms with Crippen molar-refractivity contribution in [2.24, 2.45) is 11.8 Å². The Hall–Kier alpha value is -1.79. The van der Waals surface area contributed by atoms with Crippen LogP contribution in [-0.4, -0.2) is 55.6 Å². The number of alkyl halides is 3. The van der Waals surface area contributed by atoms with Gasteiger partial charge < -0.3 is 5.32 Å². The Morgan fingerprint density at radius 2 is 1.94 bits per heavy atom. The SMILES string of the molecule is O=S1(=O)N[C@]2(CN1CC(F)(F)F)[C@@H]1CC[C@H]2Cc2cc(-c3ncc(C4=CCNCC4)s3)ccc2C1. The van der Waals surface area contributed by atoms with Crippen LogP contribution in [0.4, 0.5) is 13.2 Å². The molecule has 188 valence electrons. The summed E-state index contributed by atoms with van der Waals surface area (Å²) in [5, 5.41) is 4.27. The normalized spacial score (nSPS) is 30.3. The summed E-state index contributed by atoms with van der Waals surface area (Å²) in [6, 6.07) is 6.32. The number of rotatable bonds is 3. The van der Waals surface area contributed by atoms with Gasteiger partial charge in [-0.2, -0.15) is 30.6 Å². The smallest absolute Gasteiger partial charge is 0.313 e. The van der Waals surface area contributed by atoms with E-state index in [4.69, 9.17) is 0 Å². The third-order valence-corrected chi connectivity index (χ3v) is 10.7. The Morgan fingerprint density at radius 3 is 2.66 bits per heavy atom. The van der Waals surface area contributed by atoms with E-state index in [0.717, 1.165) is 54.0 Å². The van der Waals surface area contributed by atoms with Gasteiger partial charge in [0.15, 0.2) is 0 Å². The minimum absolute atomic E-state index is 0.0223. The molecule has 2 aliphatic heterocycles. The Kier molecular flexibility index (Phi) is 5.65. The number of thiazole rings is 1. The van der Waals surface area contributed by atoms with E-state index in [1.54, 1.807) is 11.3 Å². The van der Waals surface area contributed by atoms with Crippen LogP contribution < -0.4 is 10.0 Å². The van der Waals surface area contributed by atoms with Crippen LogP contribution in [0.3, 0.4) is 0 Å². The molecule has 1 saturated heterocycles. The van der Waals surface area contributed by atoms with Crippen LogP contribution in [-0.2, 0) is 23.1 Å². The molecule has 1 aromatic heterocycles. The molecule has 1 spiro atoms. The lowest BCUT2D eigenvalue weighted by atomic mass is 9.79. The molecule has 1 saturated carbocycles. The van der Waals surface area contributed by atoms with Crippen molar-refractivity contribution in [3.63, 3.8) is 0 Å². The van der Waals surface area contributed by atoms with E-state index < -0.39 is 28.5 Å². The van der Waals surface area contributed by atoms with Crippen LogP contribution in [0.1, 0.15) is 35.3 Å². The van der Waals surface area contributed by atoms with Crippen LogP contribution in [0.15, 0.2) is 30.5 Å². The van der Waals surface area contributed by atoms with Gasteiger partial charge >= 0.3 is 6.18 Å². The Bertz CT molecular complexity index is 1290. The molecule has 0 radical (unpaired) electrons. The summed E-state index contributed by atoms with van der Waals surface area (Å²) in [5.41, 5.74) is 3.82. The zero-order chi connectivity index (χ0) is 24.4. The van der Waals surface area contributed by atoms with Crippen molar-refractivity contribution in [2.75, 3.05) is 26.2 Å². The van der Waals surface area contributed by atoms with Crippen LogP contribution in [0.25, 0.3) is 16.1 Å². The molecule has 0 amide bonds. The highest BCUT2D eigenvalue weighted by Crippen LogP contribution is 2.51. The van der Waals surface area contributed by atoms with Crippen LogP contribution in [0.2, 0.25) is 0 Å². The number of nitrogens with zero attached hydrogens (tertiary/aromatic N) is 2. The molecule has 1 aromatic carbocycles. The number of halogens is 3. The maximum atomic E-state index is 13.1. The fraction of sp³-hybridized carbons (Fsp3) is 0.542. The van der Waals surface area contributed by atoms with E-state index in [9.17, 15) is 21.6 Å². The molecule has 2 aromatic rings. The van der Waals surface area contributed by atoms with Crippen molar-refractivity contribution in [1.29, 1.82) is 0 Å². The number of benzene rings is 1. The maximum Gasteiger partial charge on any atom is 0.402 e. The molecule has 2 fully saturated rings. The predicted octanol–water partition coefficient (Wildman–Crippen LogP) is 3.76. The van der Waals surface area contributed by atoms with Crippen molar-refractivity contribution in [3.05, 3.63) is 46.5 Å². The fourth-order valence-corrected chi connectivity index (χ4v) is 9.07. The number of fused-ring (bicyclic) bond motifs is 1. The van der Waals surface area contributed by atoms with Crippen molar-refractivity contribution >= 4 is 27.1 Å². The zero-order valence-electron chi connectivity index (χ0n) is 19.1. The van der Waals surface area contributed by atoms with Crippen LogP contribution in [0.5, 0.6) is 0 Å². The van der Waals surface area contributed by atoms with Gasteiger partial charge in [-0.15, -0.1) is 11.3 Å². The number of hydrogen-bond donors (Lipinski definition) is 2. The molecular weight excluding hydrogens is 497 g/mol. The molecular formula is C24H27F3N4O2S2. The third-order valence-electron chi connectivity index (χ3n) is 8.05. The maximum absolute atomic E-state index is 13.1. The van der Waals surface area contributed by atoms with E-state index in [1.165, 1.54) is 10.5 Å². The van der Waals surface area contributed by atoms with Crippen molar-refractivity contribution in [2.45, 2.75) is 43.8 Å². The van der Waals surface area contributed by atoms with E-state index in [-0.39, 0.29) is 18.4 Å². The molecule has 2 aliphatic carbocycles. The third kappa shape index (κ3) is 4.25. The van der Waals surface area contributed by atoms with Gasteiger partial charge in [0.25, 0.3) is 10.2 Å². The minimum Gasteiger partial charge on any atom is -0.313 e. The topological polar surface area (TPSA) is 74.3 Å². The van der Waals surface area contributed by atoms with Gasteiger partial charge in [0.05, 0.1) is 10.4 Å². The quantitative estimate of drug-likeness (QED) is 0.641. The summed E-state index contributed by atoms with van der Waals surface area (Å²) < 4.78 is 68.0. The molecule has 35 heavy (non-hydrogen) atoms. The Balaban J connectivity index is 1.28. The highest BCUT2D eigenvalue weighted by atomic mass is 32.2. The van der Waals surface area contributed by atoms with Gasteiger partial charge in [-0.25, -0.2) is 4.98 Å². The average molecular weight is 525 g/mol. The summed E-state index contributed by atoms with van der Waals surface area (Å²) in [4.78, 5) is 5.85. The second-order valence-corrected chi connectivity index (χ2v) is 12.8. The number of nitrogens with one attached hydrogen (secondary N) is 2. The first-order chi connectivity index (χ1) is 16.6. The molecule has 6 nitrogen and oxygen atoms in total. The van der Waals surface area contributed by atoms with Crippen molar-refractivity contribution in [1.82, 2.24) is 19.3 Å². The van der Waals surface area contributed by atoms with Crippen LogP contribution >= 0.6 is 11.3 Å². The fourth-order valence-electron chi connectivity index (χ4n) is 6.38. The van der Waals surface area contributed by atoms with Gasteiger partial charge in [-0.3, -0.25) is 0 Å². The van der Waals surface area contributed by atoms with Gasteiger partial charge in [-0.05, 0) is 73.3 Å². The molecule has 3 heterocycles. The molecule has 0 unspecified atom stereocenters. The Morgan fingerprint density at radius 1 is 1.17 bits per heavy atom. The number of aromatic nitrogens is 1. The van der Waals surface area contributed by atoms with E-state index in [2.05, 4.69) is 39.3 Å². The second kappa shape index (κ2) is 8.37. The number of hydrogen-bond acceptors (Lipinski definition) is 5. The molecule has 11 heteroatoms. The van der Waals surface area contributed by atoms with Crippen molar-refractivity contribution in [3.8, 4) is 10.6 Å². The average Bonchev–Trinajstić information content (AvgIpc) is 3.43. The first kappa shape index (κ1) is 23.6. The van der Waals surface area contributed by atoms with Crippen LogP contribution in [0, 0.1) is 11.8 Å². The molecule has 2 N–H and O–H groups in total. The van der Waals surface area contributed by atoms with Gasteiger partial charge in [0, 0.05) is 24.8 Å². The first-order valence-corrected chi connectivity index (χ1v) is 14.2. The summed E-state index contributed by atoms with van der Waals surface area (Å²) in [6.07, 6.45) is 3.49. The zero-order valence-corrected chi connectivity index (χ0v) is 20.7. The van der Waals surface area contributed by atoms with E-state index >= 15 is 0 Å². The predicted molar refractivity (Wildman–Crippen MR) is 129 cm³/mol. The van der Waals surface area contributed by atoms with Gasteiger partial charge in [0.2, 0.25) is 0 Å². The van der Waals surface area contributed by atoms with Crippen molar-refractivity contribution < 1.29 is 21.6 Å². The highest BCUT2D eigenvalue weighted by Gasteiger charge is 2.60. The summed E-state index contributed by atoms with van der Waals surface area (Å²) in [6.45, 7) is 0.270.